The highest BCUT2D eigenvalue weighted by Crippen LogP contribution is 2.27. The quantitative estimate of drug-likeness (QED) is 0.445. The Kier molecular flexibility index (Phi) is 7.48. The molecule has 0 aliphatic carbocycles. The molecule has 1 aromatic heterocycles. The number of carbonyl (C=O) groups is 2. The molecule has 0 radical (unpaired) electrons. The van der Waals surface area contributed by atoms with E-state index in [9.17, 15) is 19.1 Å². The van der Waals surface area contributed by atoms with Crippen molar-refractivity contribution in [2.75, 3.05) is 26.2 Å². The first-order valence-electron chi connectivity index (χ1n) is 13.1. The summed E-state index contributed by atoms with van der Waals surface area (Å²) >= 11 is 0. The van der Waals surface area contributed by atoms with Crippen LogP contribution in [-0.4, -0.2) is 63.8 Å². The van der Waals surface area contributed by atoms with Gasteiger partial charge in [-0.2, -0.15) is 0 Å². The minimum Gasteiger partial charge on any atom is -0.392 e. The molecule has 2 saturated heterocycles. The summed E-state index contributed by atoms with van der Waals surface area (Å²) in [5.41, 5.74) is 2.89. The van der Waals surface area contributed by atoms with Gasteiger partial charge in [-0.05, 0) is 100 Å². The average Bonchev–Trinajstić information content (AvgIpc) is 3.56. The van der Waals surface area contributed by atoms with Gasteiger partial charge in [-0.15, -0.1) is 0 Å². The summed E-state index contributed by atoms with van der Waals surface area (Å²) in [6.45, 7) is 3.50. The van der Waals surface area contributed by atoms with Gasteiger partial charge in [0.25, 0.3) is 5.91 Å². The monoisotopic (exact) mass is 491 g/mol. The fourth-order valence-corrected chi connectivity index (χ4v) is 5.85. The average molecular weight is 492 g/mol. The van der Waals surface area contributed by atoms with Gasteiger partial charge in [-0.3, -0.25) is 9.59 Å². The minimum atomic E-state index is -0.318. The highest BCUT2D eigenvalue weighted by atomic mass is 19.1. The van der Waals surface area contributed by atoms with Gasteiger partial charge in [0, 0.05) is 35.0 Å². The molecule has 0 bridgehead atoms. The van der Waals surface area contributed by atoms with Gasteiger partial charge in [-0.25, -0.2) is 4.39 Å². The van der Waals surface area contributed by atoms with Crippen molar-refractivity contribution in [2.24, 2.45) is 5.92 Å². The number of aliphatic hydroxyl groups is 1. The van der Waals surface area contributed by atoms with Crippen LogP contribution >= 0.6 is 0 Å². The molecule has 3 heterocycles. The SMILES string of the molecule is O=C(c1ccc(F)cc1)C1CCN(CCC[C@@H]2CCCN2C(=O)c2cc3c(CO)cccc3[nH]2)CC1. The van der Waals surface area contributed by atoms with E-state index in [1.807, 2.05) is 29.2 Å². The van der Waals surface area contributed by atoms with Crippen molar-refractivity contribution in [3.05, 3.63) is 71.2 Å². The van der Waals surface area contributed by atoms with Crippen LogP contribution in [0.3, 0.4) is 0 Å². The number of H-pyrrole nitrogens is 1. The molecule has 0 saturated carbocycles. The van der Waals surface area contributed by atoms with E-state index in [4.69, 9.17) is 0 Å². The molecule has 6 nitrogen and oxygen atoms in total. The van der Waals surface area contributed by atoms with E-state index in [2.05, 4.69) is 9.88 Å². The predicted molar refractivity (Wildman–Crippen MR) is 137 cm³/mol. The first kappa shape index (κ1) is 24.7. The predicted octanol–water partition coefficient (Wildman–Crippen LogP) is 4.78. The highest BCUT2D eigenvalue weighted by Gasteiger charge is 2.31. The van der Waals surface area contributed by atoms with Crippen LogP contribution in [0.25, 0.3) is 10.9 Å². The molecule has 2 N–H and O–H groups in total. The van der Waals surface area contributed by atoms with E-state index in [-0.39, 0.29) is 36.1 Å². The Morgan fingerprint density at radius 2 is 1.81 bits per heavy atom. The van der Waals surface area contributed by atoms with Crippen LogP contribution in [0.15, 0.2) is 48.5 Å². The number of piperidine rings is 1. The van der Waals surface area contributed by atoms with E-state index >= 15 is 0 Å². The number of aromatic amines is 1. The number of hydrogen-bond donors (Lipinski definition) is 2. The Hall–Kier alpha value is -3.03. The molecule has 0 spiro atoms. The number of rotatable bonds is 8. The lowest BCUT2D eigenvalue weighted by atomic mass is 9.89. The van der Waals surface area contributed by atoms with Crippen LogP contribution < -0.4 is 0 Å². The summed E-state index contributed by atoms with van der Waals surface area (Å²) in [4.78, 5) is 33.7. The third kappa shape index (κ3) is 5.22. The number of ketones is 1. The lowest BCUT2D eigenvalue weighted by Gasteiger charge is -2.32. The summed E-state index contributed by atoms with van der Waals surface area (Å²) in [5.74, 6) is -0.145. The molecule has 2 aliphatic heterocycles. The maximum Gasteiger partial charge on any atom is 0.270 e. The van der Waals surface area contributed by atoms with Crippen molar-refractivity contribution in [1.82, 2.24) is 14.8 Å². The van der Waals surface area contributed by atoms with Crippen LogP contribution in [0.5, 0.6) is 0 Å². The second kappa shape index (κ2) is 10.9. The van der Waals surface area contributed by atoms with Gasteiger partial charge < -0.3 is 19.9 Å². The number of hydrogen-bond acceptors (Lipinski definition) is 4. The largest absolute Gasteiger partial charge is 0.392 e. The van der Waals surface area contributed by atoms with E-state index < -0.39 is 0 Å². The molecular formula is C29H34FN3O3. The standard InChI is InChI=1S/C29H34FN3O3/c30-23-10-8-20(9-11-23)28(35)21-12-16-32(17-13-21)14-2-5-24-6-3-15-33(24)29(36)27-18-25-22(19-34)4-1-7-26(25)31-27/h1,4,7-11,18,21,24,31,34H,2-3,5-6,12-17,19H2/t24-/m1/s1. The number of amides is 1. The Morgan fingerprint density at radius 3 is 2.56 bits per heavy atom. The van der Waals surface area contributed by atoms with Crippen molar-refractivity contribution >= 4 is 22.6 Å². The van der Waals surface area contributed by atoms with E-state index in [1.54, 1.807) is 12.1 Å². The maximum absolute atomic E-state index is 13.3. The van der Waals surface area contributed by atoms with Crippen LogP contribution in [0.4, 0.5) is 4.39 Å². The third-order valence-electron chi connectivity index (χ3n) is 7.89. The molecule has 2 fully saturated rings. The number of nitrogens with zero attached hydrogens (tertiary/aromatic N) is 2. The number of halogens is 1. The van der Waals surface area contributed by atoms with Gasteiger partial charge in [0.1, 0.15) is 11.5 Å². The Balaban J connectivity index is 1.11. The first-order chi connectivity index (χ1) is 17.5. The zero-order chi connectivity index (χ0) is 25.1. The number of aliphatic hydroxyl groups excluding tert-OH is 1. The van der Waals surface area contributed by atoms with Crippen molar-refractivity contribution < 1.29 is 19.1 Å². The maximum atomic E-state index is 13.3. The minimum absolute atomic E-state index is 0.0114. The molecule has 3 aromatic rings. The molecule has 2 aliphatic rings. The van der Waals surface area contributed by atoms with Crippen molar-refractivity contribution in [3.8, 4) is 0 Å². The van der Waals surface area contributed by atoms with Crippen molar-refractivity contribution in [2.45, 2.75) is 51.2 Å². The molecule has 1 atom stereocenters. The zero-order valence-electron chi connectivity index (χ0n) is 20.6. The highest BCUT2D eigenvalue weighted by molar-refractivity contribution is 5.99. The number of aromatic nitrogens is 1. The molecule has 36 heavy (non-hydrogen) atoms. The lowest BCUT2D eigenvalue weighted by Crippen LogP contribution is -2.38. The Morgan fingerprint density at radius 1 is 1.03 bits per heavy atom. The normalized spacial score (nSPS) is 19.3. The van der Waals surface area contributed by atoms with E-state index in [1.165, 1.54) is 12.1 Å². The molecule has 0 unspecified atom stereocenters. The number of carbonyl (C=O) groups excluding carboxylic acids is 2. The van der Waals surface area contributed by atoms with E-state index in [0.717, 1.165) is 81.2 Å². The molecule has 7 heteroatoms. The summed E-state index contributed by atoms with van der Waals surface area (Å²) in [6, 6.07) is 13.7. The Labute approximate surface area is 211 Å². The number of nitrogens with one attached hydrogen (secondary N) is 1. The van der Waals surface area contributed by atoms with Crippen LogP contribution in [0, 0.1) is 11.7 Å². The van der Waals surface area contributed by atoms with Crippen molar-refractivity contribution in [1.29, 1.82) is 0 Å². The summed E-state index contributed by atoms with van der Waals surface area (Å²) in [5, 5.41) is 10.5. The smallest absolute Gasteiger partial charge is 0.270 e. The van der Waals surface area contributed by atoms with Gasteiger partial charge in [0.2, 0.25) is 0 Å². The van der Waals surface area contributed by atoms with Crippen LogP contribution in [-0.2, 0) is 6.61 Å². The third-order valence-corrected chi connectivity index (χ3v) is 7.89. The van der Waals surface area contributed by atoms with Gasteiger partial charge >= 0.3 is 0 Å². The second-order valence-corrected chi connectivity index (χ2v) is 10.1. The van der Waals surface area contributed by atoms with E-state index in [0.29, 0.717) is 11.3 Å². The number of Topliss-reactive ketones (excluding diaryl/α,β-unsaturated/α-hetero) is 1. The van der Waals surface area contributed by atoms with Crippen LogP contribution in [0.1, 0.15) is 64.9 Å². The second-order valence-electron chi connectivity index (χ2n) is 10.1. The van der Waals surface area contributed by atoms with Crippen LogP contribution in [0.2, 0.25) is 0 Å². The summed E-state index contributed by atoms with van der Waals surface area (Å²) in [7, 11) is 0. The first-order valence-corrected chi connectivity index (χ1v) is 13.1. The fourth-order valence-electron chi connectivity index (χ4n) is 5.85. The summed E-state index contributed by atoms with van der Waals surface area (Å²) in [6.07, 6.45) is 5.72. The Bertz CT molecular complexity index is 1210. The molecule has 5 rings (SSSR count). The topological polar surface area (TPSA) is 76.6 Å². The number of likely N-dealkylation sites (tertiary alicyclic amines) is 2. The molecule has 190 valence electrons. The van der Waals surface area contributed by atoms with Gasteiger partial charge in [0.05, 0.1) is 6.61 Å². The number of benzene rings is 2. The van der Waals surface area contributed by atoms with Gasteiger partial charge in [0.15, 0.2) is 5.78 Å². The van der Waals surface area contributed by atoms with Gasteiger partial charge in [-0.1, -0.05) is 12.1 Å². The molecular weight excluding hydrogens is 457 g/mol. The number of fused-ring (bicyclic) bond motifs is 1. The fraction of sp³-hybridized carbons (Fsp3) is 0.448. The lowest BCUT2D eigenvalue weighted by molar-refractivity contribution is 0.0719. The van der Waals surface area contributed by atoms with Crippen molar-refractivity contribution in [3.63, 3.8) is 0 Å². The molecule has 2 aromatic carbocycles. The molecule has 1 amide bonds. The summed E-state index contributed by atoms with van der Waals surface area (Å²) < 4.78 is 13.2. The zero-order valence-corrected chi connectivity index (χ0v) is 20.6.